The van der Waals surface area contributed by atoms with Gasteiger partial charge in [0, 0.05) is 18.1 Å². The fourth-order valence-corrected chi connectivity index (χ4v) is 3.80. The topological polar surface area (TPSA) is 45.6 Å². The Kier molecular flexibility index (Phi) is 4.67. The summed E-state index contributed by atoms with van der Waals surface area (Å²) in [6.45, 7) is 7.49. The summed E-state index contributed by atoms with van der Waals surface area (Å²) in [5.41, 5.74) is 6.46. The van der Waals surface area contributed by atoms with E-state index in [2.05, 4.69) is 22.8 Å². The van der Waals surface area contributed by atoms with Gasteiger partial charge in [-0.2, -0.15) is 0 Å². The normalized spacial score (nSPS) is 28.0. The molecule has 2 aliphatic rings. The molecule has 1 aromatic rings. The van der Waals surface area contributed by atoms with Crippen molar-refractivity contribution in [1.29, 1.82) is 0 Å². The van der Waals surface area contributed by atoms with E-state index in [9.17, 15) is 0 Å². The zero-order valence-electron chi connectivity index (χ0n) is 13.3. The molecule has 0 radical (unpaired) electrons. The van der Waals surface area contributed by atoms with Gasteiger partial charge in [-0.05, 0) is 63.9 Å². The summed E-state index contributed by atoms with van der Waals surface area (Å²) < 4.78 is 5.60. The Morgan fingerprint density at radius 3 is 2.86 bits per heavy atom. The van der Waals surface area contributed by atoms with Gasteiger partial charge in [-0.25, -0.2) is 0 Å². The fraction of sp³-hybridized carbons (Fsp3) is 0.765. The zero-order valence-corrected chi connectivity index (χ0v) is 13.3. The van der Waals surface area contributed by atoms with E-state index >= 15 is 0 Å². The molecule has 3 rings (SSSR count). The van der Waals surface area contributed by atoms with E-state index in [0.29, 0.717) is 6.04 Å². The molecule has 0 bridgehead atoms. The number of nitrogens with two attached hydrogens (primary N) is 1. The minimum atomic E-state index is 0.165. The number of hydrogen-bond donors (Lipinski definition) is 1. The molecular formula is C17H29N3O. The Morgan fingerprint density at radius 2 is 2.24 bits per heavy atom. The molecule has 1 atom stereocenters. The lowest BCUT2D eigenvalue weighted by Gasteiger charge is -2.43. The van der Waals surface area contributed by atoms with Crippen molar-refractivity contribution in [2.75, 3.05) is 26.2 Å². The van der Waals surface area contributed by atoms with Crippen LogP contribution >= 0.6 is 0 Å². The Balaban J connectivity index is 1.77. The van der Waals surface area contributed by atoms with Gasteiger partial charge in [-0.3, -0.25) is 4.90 Å². The SMILES string of the molecule is CCN1CCCC(CN)(N(Cc2ccco2)C2CC2)CC1. The summed E-state index contributed by atoms with van der Waals surface area (Å²) in [6, 6.07) is 4.79. The van der Waals surface area contributed by atoms with Crippen LogP contribution in [0.1, 0.15) is 44.8 Å². The van der Waals surface area contributed by atoms with Gasteiger partial charge in [0.25, 0.3) is 0 Å². The minimum Gasteiger partial charge on any atom is -0.468 e. The van der Waals surface area contributed by atoms with Crippen LogP contribution in [0.4, 0.5) is 0 Å². The number of likely N-dealkylation sites (tertiary alicyclic amines) is 1. The third-order valence-corrected chi connectivity index (χ3v) is 5.34. The first-order chi connectivity index (χ1) is 10.3. The maximum absolute atomic E-state index is 6.30. The number of rotatable bonds is 6. The summed E-state index contributed by atoms with van der Waals surface area (Å²) in [5.74, 6) is 1.08. The fourth-order valence-electron chi connectivity index (χ4n) is 3.80. The first kappa shape index (κ1) is 15.1. The van der Waals surface area contributed by atoms with E-state index in [0.717, 1.165) is 25.4 Å². The highest BCUT2D eigenvalue weighted by Gasteiger charge is 2.44. The summed E-state index contributed by atoms with van der Waals surface area (Å²) in [6.07, 6.45) is 8.08. The highest BCUT2D eigenvalue weighted by Crippen LogP contribution is 2.39. The van der Waals surface area contributed by atoms with E-state index in [4.69, 9.17) is 10.2 Å². The molecule has 0 spiro atoms. The molecule has 118 valence electrons. The second-order valence-electron chi connectivity index (χ2n) is 6.65. The van der Waals surface area contributed by atoms with Gasteiger partial charge < -0.3 is 15.1 Å². The minimum absolute atomic E-state index is 0.165. The van der Waals surface area contributed by atoms with E-state index < -0.39 is 0 Å². The summed E-state index contributed by atoms with van der Waals surface area (Å²) >= 11 is 0. The Bertz CT molecular complexity index is 429. The van der Waals surface area contributed by atoms with Crippen LogP contribution < -0.4 is 5.73 Å². The van der Waals surface area contributed by atoms with Crippen LogP contribution in [0.5, 0.6) is 0 Å². The molecule has 4 nitrogen and oxygen atoms in total. The van der Waals surface area contributed by atoms with Gasteiger partial charge in [-0.1, -0.05) is 6.92 Å². The molecule has 1 aliphatic heterocycles. The monoisotopic (exact) mass is 291 g/mol. The quantitative estimate of drug-likeness (QED) is 0.874. The summed E-state index contributed by atoms with van der Waals surface area (Å²) in [7, 11) is 0. The van der Waals surface area contributed by atoms with Crippen LogP contribution in [0.15, 0.2) is 22.8 Å². The lowest BCUT2D eigenvalue weighted by molar-refractivity contribution is 0.0548. The van der Waals surface area contributed by atoms with Crippen LogP contribution in [-0.4, -0.2) is 47.6 Å². The zero-order chi connectivity index (χ0) is 14.7. The lowest BCUT2D eigenvalue weighted by atomic mass is 9.88. The van der Waals surface area contributed by atoms with Gasteiger partial charge in [0.2, 0.25) is 0 Å². The van der Waals surface area contributed by atoms with Crippen molar-refractivity contribution in [2.45, 2.75) is 57.2 Å². The molecule has 21 heavy (non-hydrogen) atoms. The largest absolute Gasteiger partial charge is 0.468 e. The average Bonchev–Trinajstić information content (AvgIpc) is 3.27. The highest BCUT2D eigenvalue weighted by molar-refractivity contribution is 5.05. The smallest absolute Gasteiger partial charge is 0.117 e. The van der Waals surface area contributed by atoms with Crippen molar-refractivity contribution in [2.24, 2.45) is 5.73 Å². The maximum atomic E-state index is 6.30. The van der Waals surface area contributed by atoms with Gasteiger partial charge in [0.1, 0.15) is 5.76 Å². The molecule has 1 saturated carbocycles. The van der Waals surface area contributed by atoms with Crippen molar-refractivity contribution in [3.05, 3.63) is 24.2 Å². The van der Waals surface area contributed by atoms with Gasteiger partial charge in [0.15, 0.2) is 0 Å². The van der Waals surface area contributed by atoms with E-state index in [1.807, 2.05) is 6.07 Å². The molecule has 1 saturated heterocycles. The van der Waals surface area contributed by atoms with Gasteiger partial charge in [-0.15, -0.1) is 0 Å². The lowest BCUT2D eigenvalue weighted by Crippen LogP contribution is -2.55. The van der Waals surface area contributed by atoms with Crippen molar-refractivity contribution in [3.8, 4) is 0 Å². The highest BCUT2D eigenvalue weighted by atomic mass is 16.3. The molecule has 4 heteroatoms. The van der Waals surface area contributed by atoms with Crippen molar-refractivity contribution in [1.82, 2.24) is 9.80 Å². The second kappa shape index (κ2) is 6.51. The van der Waals surface area contributed by atoms with E-state index in [1.165, 1.54) is 45.2 Å². The predicted octanol–water partition coefficient (Wildman–Crippen LogP) is 2.45. The van der Waals surface area contributed by atoms with Crippen molar-refractivity contribution >= 4 is 0 Å². The molecule has 2 fully saturated rings. The number of hydrogen-bond acceptors (Lipinski definition) is 4. The summed E-state index contributed by atoms with van der Waals surface area (Å²) in [4.78, 5) is 5.24. The van der Waals surface area contributed by atoms with E-state index in [-0.39, 0.29) is 5.54 Å². The van der Waals surface area contributed by atoms with Crippen LogP contribution in [0.3, 0.4) is 0 Å². The number of furan rings is 1. The number of nitrogens with zero attached hydrogens (tertiary/aromatic N) is 2. The molecule has 0 amide bonds. The van der Waals surface area contributed by atoms with Crippen LogP contribution in [0.25, 0.3) is 0 Å². The standard InChI is InChI=1S/C17H29N3O/c1-2-19-10-4-8-17(14-18,9-11-19)20(15-6-7-15)13-16-5-3-12-21-16/h3,5,12,15H,2,4,6-11,13-14,18H2,1H3. The third kappa shape index (κ3) is 3.33. The van der Waals surface area contributed by atoms with Gasteiger partial charge >= 0.3 is 0 Å². The first-order valence-corrected chi connectivity index (χ1v) is 8.49. The molecule has 0 aromatic carbocycles. The third-order valence-electron chi connectivity index (χ3n) is 5.34. The Morgan fingerprint density at radius 1 is 1.38 bits per heavy atom. The van der Waals surface area contributed by atoms with Crippen LogP contribution in [-0.2, 0) is 6.54 Å². The maximum Gasteiger partial charge on any atom is 0.117 e. The first-order valence-electron chi connectivity index (χ1n) is 8.49. The van der Waals surface area contributed by atoms with Crippen molar-refractivity contribution in [3.63, 3.8) is 0 Å². The molecule has 1 unspecified atom stereocenters. The molecule has 2 heterocycles. The van der Waals surface area contributed by atoms with Crippen molar-refractivity contribution < 1.29 is 4.42 Å². The molecular weight excluding hydrogens is 262 g/mol. The molecule has 2 N–H and O–H groups in total. The molecule has 1 aromatic heterocycles. The Hall–Kier alpha value is -0.840. The van der Waals surface area contributed by atoms with E-state index in [1.54, 1.807) is 6.26 Å². The Labute approximate surface area is 128 Å². The van der Waals surface area contributed by atoms with Crippen LogP contribution in [0.2, 0.25) is 0 Å². The van der Waals surface area contributed by atoms with Gasteiger partial charge in [0.05, 0.1) is 12.8 Å². The van der Waals surface area contributed by atoms with Crippen LogP contribution in [0, 0.1) is 0 Å². The predicted molar refractivity (Wildman–Crippen MR) is 85.0 cm³/mol. The average molecular weight is 291 g/mol. The second-order valence-corrected chi connectivity index (χ2v) is 6.65. The summed E-state index contributed by atoms with van der Waals surface area (Å²) in [5, 5.41) is 0. The molecule has 1 aliphatic carbocycles.